The van der Waals surface area contributed by atoms with Gasteiger partial charge in [0.2, 0.25) is 11.8 Å². The van der Waals surface area contributed by atoms with Crippen LogP contribution in [0.3, 0.4) is 0 Å². The Bertz CT molecular complexity index is 462. The molecule has 0 radical (unpaired) electrons. The van der Waals surface area contributed by atoms with Gasteiger partial charge in [-0.2, -0.15) is 0 Å². The molecule has 0 fully saturated rings. The van der Waals surface area contributed by atoms with Crippen LogP contribution in [0, 0.1) is 0 Å². The molecule has 0 aromatic rings. The molecule has 0 bridgehead atoms. The lowest BCUT2D eigenvalue weighted by Gasteiger charge is -2.12. The lowest BCUT2D eigenvalue weighted by atomic mass is 10.1. The Hall–Kier alpha value is 1.39. The predicted molar refractivity (Wildman–Crippen MR) is 174 cm³/mol. The number of hydrogen-bond acceptors (Lipinski definition) is 9. The van der Waals surface area contributed by atoms with Gasteiger partial charge in [-0.15, -0.1) is 0 Å². The van der Waals surface area contributed by atoms with Crippen LogP contribution in [0.4, 0.5) is 0 Å². The highest BCUT2D eigenvalue weighted by molar-refractivity contribution is 9.46. The number of carbonyl (C=O) groups is 2. The van der Waals surface area contributed by atoms with Crippen LogP contribution in [0.1, 0.15) is 129 Å². The molecule has 35 heavy (non-hydrogen) atoms. The van der Waals surface area contributed by atoms with Gasteiger partial charge in [0.1, 0.15) is 0 Å². The highest BCUT2D eigenvalue weighted by Gasteiger charge is 2.18. The summed E-state index contributed by atoms with van der Waals surface area (Å²) < 4.78 is 0. The van der Waals surface area contributed by atoms with Gasteiger partial charge in [0.15, 0.2) is 0 Å². The minimum absolute atomic E-state index is 0.119. The zero-order valence-electron chi connectivity index (χ0n) is 21.7. The fraction of sp³-hybridized carbons (Fsp3) is 0.917. The Kier molecular flexibility index (Phi) is 29.5. The highest BCUT2D eigenvalue weighted by Crippen LogP contribution is 2.56. The van der Waals surface area contributed by atoms with Gasteiger partial charge in [0.05, 0.1) is 10.5 Å². The molecule has 0 heterocycles. The van der Waals surface area contributed by atoms with Crippen molar-refractivity contribution >= 4 is 82.5 Å². The first-order valence-electron chi connectivity index (χ1n) is 13.3. The number of hydrogen-bond donors (Lipinski definition) is 2. The maximum atomic E-state index is 11.7. The molecule has 0 aliphatic carbocycles. The van der Waals surface area contributed by atoms with Gasteiger partial charge in [-0.25, -0.2) is 0 Å². The summed E-state index contributed by atoms with van der Waals surface area (Å²) >= 11 is 0. The first-order valence-corrected chi connectivity index (χ1v) is 22.2. The van der Waals surface area contributed by atoms with E-state index in [-0.39, 0.29) is 22.3 Å². The van der Waals surface area contributed by atoms with Crippen molar-refractivity contribution < 1.29 is 9.59 Å². The molecule has 0 spiro atoms. The summed E-state index contributed by atoms with van der Waals surface area (Å²) in [4.78, 5) is 23.5. The summed E-state index contributed by atoms with van der Waals surface area (Å²) in [5.74, 6) is -0.419. The number of nitrogens with two attached hydrogens (primary N) is 2. The van der Waals surface area contributed by atoms with Gasteiger partial charge in [-0.1, -0.05) is 138 Å². The SMILES string of the molecule is CCCCCCCCCCC(SSSSSSSC(CCCCCCCCCC)C(N)=O)C(N)=O. The Balaban J connectivity index is 3.74. The average Bonchev–Trinajstić information content (AvgIpc) is 2.83. The van der Waals surface area contributed by atoms with Crippen LogP contribution < -0.4 is 11.5 Å². The lowest BCUT2D eigenvalue weighted by Crippen LogP contribution is -2.24. The maximum Gasteiger partial charge on any atom is 0.231 e. The minimum atomic E-state index is -0.209. The Morgan fingerprint density at radius 1 is 0.486 bits per heavy atom. The zero-order valence-corrected chi connectivity index (χ0v) is 27.4. The molecule has 4 N–H and O–H groups in total. The Labute approximate surface area is 241 Å². The third-order valence-corrected chi connectivity index (χ3v) is 19.4. The van der Waals surface area contributed by atoms with E-state index in [2.05, 4.69) is 13.8 Å². The normalized spacial score (nSPS) is 13.1. The fourth-order valence-corrected chi connectivity index (χ4v) is 18.7. The standard InChI is InChI=1S/C24H48N2O2S7/c1-3-5-7-9-11-13-15-17-19-21(23(25)27)29-31-33-35-34-32-30-22(24(26)28)20-18-16-14-12-10-8-6-4-2/h21-22H,3-20H2,1-2H3,(H2,25,27)(H2,26,28). The van der Waals surface area contributed by atoms with E-state index >= 15 is 0 Å². The molecule has 2 amide bonds. The van der Waals surface area contributed by atoms with Crippen LogP contribution in [0.15, 0.2) is 0 Å². The van der Waals surface area contributed by atoms with Crippen molar-refractivity contribution in [3.8, 4) is 0 Å². The molecular weight excluding hydrogens is 573 g/mol. The molecule has 4 nitrogen and oxygen atoms in total. The topological polar surface area (TPSA) is 86.2 Å². The zero-order chi connectivity index (χ0) is 26.0. The van der Waals surface area contributed by atoms with E-state index < -0.39 is 0 Å². The lowest BCUT2D eigenvalue weighted by molar-refractivity contribution is -0.118. The molecule has 0 aliphatic rings. The second kappa shape index (κ2) is 28.4. The van der Waals surface area contributed by atoms with Crippen molar-refractivity contribution in [2.75, 3.05) is 0 Å². The number of unbranched alkanes of at least 4 members (excludes halogenated alkanes) is 14. The van der Waals surface area contributed by atoms with Gasteiger partial charge in [0, 0.05) is 0 Å². The summed E-state index contributed by atoms with van der Waals surface area (Å²) in [6, 6.07) is 0. The van der Waals surface area contributed by atoms with E-state index in [4.69, 9.17) is 11.5 Å². The molecule has 0 aromatic heterocycles. The summed E-state index contributed by atoms with van der Waals surface area (Å²) in [7, 11) is 11.3. The van der Waals surface area contributed by atoms with Gasteiger partial charge >= 0.3 is 0 Å². The minimum Gasteiger partial charge on any atom is -0.369 e. The summed E-state index contributed by atoms with van der Waals surface area (Å²) in [5, 5.41) is -0.239. The van der Waals surface area contributed by atoms with Crippen molar-refractivity contribution in [1.82, 2.24) is 0 Å². The van der Waals surface area contributed by atoms with E-state index in [1.165, 1.54) is 89.9 Å². The second-order valence-electron chi connectivity index (χ2n) is 8.84. The quantitative estimate of drug-likeness (QED) is 0.0655. The fourth-order valence-electron chi connectivity index (χ4n) is 3.56. The molecule has 0 rings (SSSR count). The van der Waals surface area contributed by atoms with E-state index in [0.717, 1.165) is 25.7 Å². The van der Waals surface area contributed by atoms with Crippen LogP contribution in [0.5, 0.6) is 0 Å². The van der Waals surface area contributed by atoms with Crippen molar-refractivity contribution in [3.05, 3.63) is 0 Å². The number of primary amides is 2. The molecule has 0 aliphatic heterocycles. The van der Waals surface area contributed by atoms with Gasteiger partial charge in [0.25, 0.3) is 0 Å². The number of carbonyl (C=O) groups excluding carboxylic acids is 2. The molecule has 208 valence electrons. The summed E-state index contributed by atoms with van der Waals surface area (Å²) in [6.07, 6.45) is 22.0. The second-order valence-corrected chi connectivity index (χ2v) is 20.4. The molecule has 11 heteroatoms. The van der Waals surface area contributed by atoms with Gasteiger partial charge in [-0.3, -0.25) is 9.59 Å². The van der Waals surface area contributed by atoms with Crippen LogP contribution in [-0.2, 0) is 9.59 Å². The van der Waals surface area contributed by atoms with Crippen molar-refractivity contribution in [2.24, 2.45) is 11.5 Å². The molecule has 0 saturated heterocycles. The van der Waals surface area contributed by atoms with E-state index in [9.17, 15) is 9.59 Å². The smallest absolute Gasteiger partial charge is 0.231 e. The van der Waals surface area contributed by atoms with Crippen molar-refractivity contribution in [1.29, 1.82) is 0 Å². The molecule has 2 unspecified atom stereocenters. The summed E-state index contributed by atoms with van der Waals surface area (Å²) in [5.41, 5.74) is 11.2. The monoisotopic (exact) mass is 620 g/mol. The molecule has 0 aromatic carbocycles. The van der Waals surface area contributed by atoms with Crippen LogP contribution >= 0.6 is 70.7 Å². The average molecular weight is 621 g/mol. The van der Waals surface area contributed by atoms with E-state index in [1.54, 1.807) is 70.7 Å². The van der Waals surface area contributed by atoms with Gasteiger partial charge in [-0.05, 0) is 62.0 Å². The Morgan fingerprint density at radius 3 is 1.09 bits per heavy atom. The van der Waals surface area contributed by atoms with Crippen molar-refractivity contribution in [2.45, 2.75) is 140 Å². The van der Waals surface area contributed by atoms with Gasteiger partial charge < -0.3 is 11.5 Å². The Morgan fingerprint density at radius 2 is 0.771 bits per heavy atom. The van der Waals surface area contributed by atoms with Crippen molar-refractivity contribution in [3.63, 3.8) is 0 Å². The first-order chi connectivity index (χ1) is 17.0. The molecule has 0 saturated carbocycles. The number of rotatable bonds is 28. The third-order valence-electron chi connectivity index (χ3n) is 5.70. The molecule has 2 atom stereocenters. The summed E-state index contributed by atoms with van der Waals surface area (Å²) in [6.45, 7) is 4.48. The number of amides is 2. The highest BCUT2D eigenvalue weighted by atomic mass is 33.9. The molecular formula is C24H48N2O2S7. The van der Waals surface area contributed by atoms with E-state index in [1.807, 2.05) is 0 Å². The maximum absolute atomic E-state index is 11.7. The van der Waals surface area contributed by atoms with E-state index in [0.29, 0.717) is 0 Å². The first kappa shape index (κ1) is 36.4. The predicted octanol–water partition coefficient (Wildman–Crippen LogP) is 10.4. The van der Waals surface area contributed by atoms with Crippen LogP contribution in [0.2, 0.25) is 0 Å². The van der Waals surface area contributed by atoms with Crippen LogP contribution in [-0.4, -0.2) is 22.3 Å². The third kappa shape index (κ3) is 25.4. The van der Waals surface area contributed by atoms with Crippen LogP contribution in [0.25, 0.3) is 0 Å². The largest absolute Gasteiger partial charge is 0.369 e.